The maximum Gasteiger partial charge on any atom is 0.251 e. The number of benzene rings is 3. The van der Waals surface area contributed by atoms with Gasteiger partial charge in [-0.25, -0.2) is 9.97 Å². The Morgan fingerprint density at radius 3 is 2.39 bits per heavy atom. The number of ether oxygens (including phenoxy) is 1. The zero-order valence-corrected chi connectivity index (χ0v) is 21.1. The molecule has 1 fully saturated rings. The van der Waals surface area contributed by atoms with E-state index in [1.807, 2.05) is 60.7 Å². The van der Waals surface area contributed by atoms with Gasteiger partial charge in [-0.05, 0) is 54.4 Å². The first-order chi connectivity index (χ1) is 18.7. The summed E-state index contributed by atoms with van der Waals surface area (Å²) in [6.07, 6.45) is 2.27. The third-order valence-electron chi connectivity index (χ3n) is 6.48. The van der Waals surface area contributed by atoms with Gasteiger partial charge >= 0.3 is 0 Å². The van der Waals surface area contributed by atoms with Crippen LogP contribution in [0.4, 0.5) is 17.3 Å². The highest BCUT2D eigenvalue weighted by Crippen LogP contribution is 2.23. The molecule has 194 valence electrons. The van der Waals surface area contributed by atoms with E-state index in [2.05, 4.69) is 37.6 Å². The van der Waals surface area contributed by atoms with Crippen molar-refractivity contribution in [3.05, 3.63) is 102 Å². The number of amides is 1. The maximum atomic E-state index is 12.8. The standard InChI is InChI=1S/C30H31N5O3/c36-21-26(20-22-4-2-1-3-5-22)32-29(37)24-8-6-23(7-9-24)28-14-15-31-30(34-28)33-25-10-12-27(13-11-25)35-16-18-38-19-17-35/h1-15,26,36H,16-21H2,(H,32,37)(H,31,33,34)/t26-/m0/s1. The summed E-state index contributed by atoms with van der Waals surface area (Å²) < 4.78 is 5.43. The molecule has 1 aliphatic rings. The van der Waals surface area contributed by atoms with Gasteiger partial charge in [0.25, 0.3) is 5.91 Å². The molecule has 1 saturated heterocycles. The van der Waals surface area contributed by atoms with Crippen LogP contribution in [0.1, 0.15) is 15.9 Å². The first-order valence-electron chi connectivity index (χ1n) is 12.8. The molecular weight excluding hydrogens is 478 g/mol. The van der Waals surface area contributed by atoms with Crippen LogP contribution in [0, 0.1) is 0 Å². The molecule has 0 aliphatic carbocycles. The summed E-state index contributed by atoms with van der Waals surface area (Å²) in [6.45, 7) is 3.17. The minimum Gasteiger partial charge on any atom is -0.394 e. The van der Waals surface area contributed by atoms with Crippen LogP contribution in [0.15, 0.2) is 91.1 Å². The molecular formula is C30H31N5O3. The van der Waals surface area contributed by atoms with Gasteiger partial charge in [0, 0.05) is 41.8 Å². The topological polar surface area (TPSA) is 99.6 Å². The lowest BCUT2D eigenvalue weighted by atomic mass is 10.1. The second kappa shape index (κ2) is 12.3. The molecule has 8 nitrogen and oxygen atoms in total. The fourth-order valence-corrected chi connectivity index (χ4v) is 4.41. The lowest BCUT2D eigenvalue weighted by Gasteiger charge is -2.28. The molecule has 0 radical (unpaired) electrons. The SMILES string of the molecule is O=C(N[C@H](CO)Cc1ccccc1)c1ccc(-c2ccnc(Nc3ccc(N4CCOCC4)cc3)n2)cc1. The molecule has 0 unspecified atom stereocenters. The molecule has 3 N–H and O–H groups in total. The number of rotatable bonds is 9. The molecule has 0 saturated carbocycles. The third kappa shape index (κ3) is 6.53. The van der Waals surface area contributed by atoms with Crippen molar-refractivity contribution in [2.45, 2.75) is 12.5 Å². The van der Waals surface area contributed by atoms with Gasteiger partial charge in [-0.2, -0.15) is 0 Å². The Bertz CT molecular complexity index is 1320. The van der Waals surface area contributed by atoms with E-state index in [0.717, 1.165) is 48.8 Å². The molecule has 3 aromatic carbocycles. The summed E-state index contributed by atoms with van der Waals surface area (Å²) in [6, 6.07) is 26.7. The maximum absolute atomic E-state index is 12.8. The molecule has 5 rings (SSSR count). The van der Waals surface area contributed by atoms with Gasteiger partial charge in [-0.15, -0.1) is 0 Å². The van der Waals surface area contributed by atoms with Gasteiger partial charge in [0.2, 0.25) is 5.95 Å². The van der Waals surface area contributed by atoms with Crippen molar-refractivity contribution in [1.82, 2.24) is 15.3 Å². The number of anilines is 3. The van der Waals surface area contributed by atoms with E-state index in [-0.39, 0.29) is 18.6 Å². The molecule has 4 aromatic rings. The second-order valence-electron chi connectivity index (χ2n) is 9.16. The van der Waals surface area contributed by atoms with Crippen molar-refractivity contribution in [1.29, 1.82) is 0 Å². The third-order valence-corrected chi connectivity index (χ3v) is 6.48. The average molecular weight is 510 g/mol. The van der Waals surface area contributed by atoms with Crippen LogP contribution in [0.3, 0.4) is 0 Å². The minimum absolute atomic E-state index is 0.134. The van der Waals surface area contributed by atoms with Gasteiger partial charge < -0.3 is 25.4 Å². The Hall–Kier alpha value is -4.27. The normalized spacial score (nSPS) is 14.1. The van der Waals surface area contributed by atoms with E-state index in [1.165, 1.54) is 5.69 Å². The Labute approximate surface area is 222 Å². The zero-order valence-electron chi connectivity index (χ0n) is 21.1. The number of morpholine rings is 1. The number of nitrogens with one attached hydrogen (secondary N) is 2. The number of aromatic nitrogens is 2. The van der Waals surface area contributed by atoms with E-state index in [4.69, 9.17) is 4.74 Å². The molecule has 1 amide bonds. The summed E-state index contributed by atoms with van der Waals surface area (Å²) in [5.74, 6) is 0.271. The number of carbonyl (C=O) groups is 1. The van der Waals surface area contributed by atoms with Gasteiger partial charge in [0.05, 0.1) is 31.6 Å². The summed E-state index contributed by atoms with van der Waals surface area (Å²) >= 11 is 0. The highest BCUT2D eigenvalue weighted by atomic mass is 16.5. The lowest BCUT2D eigenvalue weighted by molar-refractivity contribution is 0.0916. The molecule has 1 aromatic heterocycles. The van der Waals surface area contributed by atoms with Crippen molar-refractivity contribution in [3.8, 4) is 11.3 Å². The molecule has 38 heavy (non-hydrogen) atoms. The Balaban J connectivity index is 1.21. The van der Waals surface area contributed by atoms with Crippen molar-refractivity contribution in [2.24, 2.45) is 0 Å². The fourth-order valence-electron chi connectivity index (χ4n) is 4.41. The van der Waals surface area contributed by atoms with Gasteiger partial charge in [0.1, 0.15) is 0 Å². The molecule has 0 bridgehead atoms. The van der Waals surface area contributed by atoms with Crippen LogP contribution in [-0.2, 0) is 11.2 Å². The van der Waals surface area contributed by atoms with Crippen molar-refractivity contribution in [2.75, 3.05) is 43.1 Å². The Morgan fingerprint density at radius 1 is 0.947 bits per heavy atom. The van der Waals surface area contributed by atoms with Crippen LogP contribution in [-0.4, -0.2) is 59.9 Å². The zero-order chi connectivity index (χ0) is 26.2. The molecule has 1 aliphatic heterocycles. The molecule has 1 atom stereocenters. The minimum atomic E-state index is -0.358. The molecule has 8 heteroatoms. The lowest BCUT2D eigenvalue weighted by Crippen LogP contribution is -2.39. The van der Waals surface area contributed by atoms with E-state index >= 15 is 0 Å². The fraction of sp³-hybridized carbons (Fsp3) is 0.233. The Morgan fingerprint density at radius 2 is 1.68 bits per heavy atom. The summed E-state index contributed by atoms with van der Waals surface area (Å²) in [4.78, 5) is 24.1. The van der Waals surface area contributed by atoms with E-state index in [0.29, 0.717) is 17.9 Å². The van der Waals surface area contributed by atoms with E-state index in [1.54, 1.807) is 18.3 Å². The molecule has 2 heterocycles. The number of aliphatic hydroxyl groups is 1. The van der Waals surface area contributed by atoms with E-state index < -0.39 is 0 Å². The highest BCUT2D eigenvalue weighted by Gasteiger charge is 2.15. The number of aliphatic hydroxyl groups excluding tert-OH is 1. The van der Waals surface area contributed by atoms with Gasteiger partial charge in [0.15, 0.2) is 0 Å². The number of hydrogen-bond acceptors (Lipinski definition) is 7. The average Bonchev–Trinajstić information content (AvgIpc) is 2.98. The van der Waals surface area contributed by atoms with Crippen LogP contribution in [0.2, 0.25) is 0 Å². The highest BCUT2D eigenvalue weighted by molar-refractivity contribution is 5.94. The summed E-state index contributed by atoms with van der Waals surface area (Å²) in [5, 5.41) is 15.9. The van der Waals surface area contributed by atoms with Crippen molar-refractivity contribution < 1.29 is 14.6 Å². The van der Waals surface area contributed by atoms with Crippen molar-refractivity contribution >= 4 is 23.2 Å². The van der Waals surface area contributed by atoms with Gasteiger partial charge in [-0.1, -0.05) is 42.5 Å². The number of nitrogens with zero attached hydrogens (tertiary/aromatic N) is 3. The largest absolute Gasteiger partial charge is 0.394 e. The predicted molar refractivity (Wildman–Crippen MR) is 149 cm³/mol. The first kappa shape index (κ1) is 25.4. The van der Waals surface area contributed by atoms with Crippen LogP contribution in [0.25, 0.3) is 11.3 Å². The van der Waals surface area contributed by atoms with Crippen LogP contribution in [0.5, 0.6) is 0 Å². The number of hydrogen-bond donors (Lipinski definition) is 3. The monoisotopic (exact) mass is 509 g/mol. The quantitative estimate of drug-likeness (QED) is 0.313. The van der Waals surface area contributed by atoms with Crippen LogP contribution < -0.4 is 15.5 Å². The summed E-state index contributed by atoms with van der Waals surface area (Å²) in [7, 11) is 0. The second-order valence-corrected chi connectivity index (χ2v) is 9.16. The number of carbonyl (C=O) groups excluding carboxylic acids is 1. The first-order valence-corrected chi connectivity index (χ1v) is 12.8. The smallest absolute Gasteiger partial charge is 0.251 e. The predicted octanol–water partition coefficient (Wildman–Crippen LogP) is 4.06. The van der Waals surface area contributed by atoms with Crippen molar-refractivity contribution in [3.63, 3.8) is 0 Å². The van der Waals surface area contributed by atoms with Crippen LogP contribution >= 0.6 is 0 Å². The molecule has 0 spiro atoms. The summed E-state index contributed by atoms with van der Waals surface area (Å²) in [5.41, 5.74) is 5.27. The Kier molecular flexibility index (Phi) is 8.23. The van der Waals surface area contributed by atoms with E-state index in [9.17, 15) is 9.90 Å². The van der Waals surface area contributed by atoms with Gasteiger partial charge in [-0.3, -0.25) is 4.79 Å².